The van der Waals surface area contributed by atoms with E-state index >= 15 is 0 Å². The number of anilines is 2. The molecule has 0 aliphatic heterocycles. The van der Waals surface area contributed by atoms with Crippen molar-refractivity contribution in [3.05, 3.63) is 72.7 Å². The van der Waals surface area contributed by atoms with Crippen LogP contribution in [0.2, 0.25) is 0 Å². The molecule has 1 aromatic carbocycles. The number of hydrogen-bond acceptors (Lipinski definition) is 8. The minimum Gasteiger partial charge on any atom is -0.465 e. The first-order chi connectivity index (χ1) is 20.6. The van der Waals surface area contributed by atoms with Crippen LogP contribution in [0.5, 0.6) is 0 Å². The number of pyridine rings is 1. The summed E-state index contributed by atoms with van der Waals surface area (Å²) >= 11 is 0. The zero-order valence-electron chi connectivity index (χ0n) is 24.6. The van der Waals surface area contributed by atoms with E-state index in [9.17, 15) is 9.59 Å². The summed E-state index contributed by atoms with van der Waals surface area (Å²) in [5, 5.41) is 21.4. The topological polar surface area (TPSA) is 155 Å². The normalized spacial score (nSPS) is 17.6. The van der Waals surface area contributed by atoms with Gasteiger partial charge in [-0.15, -0.1) is 0 Å². The standard InChI is InChI=1S/C31H38N8O4/c1-31(2,3)43-30(42)34-18-24(20-8-5-4-6-9-20)38-26-11-7-10-23(37-26)25-19-33-28-27(32-16-17-39(25)28)35-21-12-14-22(15-13-21)36-29(40)41/h4-11,16-17,19,21-22,24,36H,12-15,18H2,1-3H3,(H,32,35)(H,34,42)(H,37,38)(H,40,41). The van der Waals surface area contributed by atoms with E-state index in [1.807, 2.05) is 79.9 Å². The second-order valence-electron chi connectivity index (χ2n) is 11.7. The number of nitrogens with one attached hydrogen (secondary N) is 4. The third-order valence-electron chi connectivity index (χ3n) is 7.21. The van der Waals surface area contributed by atoms with Crippen LogP contribution in [0, 0.1) is 0 Å². The molecule has 1 aliphatic carbocycles. The van der Waals surface area contributed by atoms with Crippen molar-refractivity contribution in [1.82, 2.24) is 30.0 Å². The van der Waals surface area contributed by atoms with E-state index in [0.29, 0.717) is 23.8 Å². The van der Waals surface area contributed by atoms with Crippen LogP contribution in [-0.2, 0) is 4.74 Å². The Morgan fingerprint density at radius 2 is 1.77 bits per heavy atom. The van der Waals surface area contributed by atoms with Crippen LogP contribution >= 0.6 is 0 Å². The second kappa shape index (κ2) is 13.0. The highest BCUT2D eigenvalue weighted by Crippen LogP contribution is 2.27. The number of carbonyl (C=O) groups excluding carboxylic acids is 1. The van der Waals surface area contributed by atoms with Gasteiger partial charge in [-0.05, 0) is 64.2 Å². The average Bonchev–Trinajstić information content (AvgIpc) is 3.41. The van der Waals surface area contributed by atoms with E-state index in [2.05, 4.69) is 31.2 Å². The maximum Gasteiger partial charge on any atom is 0.407 e. The van der Waals surface area contributed by atoms with Crippen molar-refractivity contribution in [2.75, 3.05) is 17.2 Å². The number of amides is 2. The Balaban J connectivity index is 1.31. The first-order valence-corrected chi connectivity index (χ1v) is 14.5. The molecule has 5 N–H and O–H groups in total. The second-order valence-corrected chi connectivity index (χ2v) is 11.7. The van der Waals surface area contributed by atoms with Crippen LogP contribution in [0.1, 0.15) is 58.1 Å². The number of benzene rings is 1. The molecule has 5 rings (SSSR count). The van der Waals surface area contributed by atoms with Crippen LogP contribution in [-0.4, -0.2) is 60.9 Å². The molecule has 2 amide bonds. The Morgan fingerprint density at radius 3 is 2.49 bits per heavy atom. The van der Waals surface area contributed by atoms with Crippen molar-refractivity contribution in [2.24, 2.45) is 0 Å². The van der Waals surface area contributed by atoms with Crippen molar-refractivity contribution in [3.63, 3.8) is 0 Å². The number of imidazole rings is 1. The minimum atomic E-state index is -0.978. The van der Waals surface area contributed by atoms with Gasteiger partial charge in [0.25, 0.3) is 0 Å². The van der Waals surface area contributed by atoms with E-state index in [0.717, 1.165) is 42.6 Å². The number of nitrogens with zero attached hydrogens (tertiary/aromatic N) is 4. The number of fused-ring (bicyclic) bond motifs is 1. The molecule has 3 heterocycles. The summed E-state index contributed by atoms with van der Waals surface area (Å²) in [5.74, 6) is 1.32. The van der Waals surface area contributed by atoms with Gasteiger partial charge in [0, 0.05) is 31.0 Å². The third-order valence-corrected chi connectivity index (χ3v) is 7.21. The summed E-state index contributed by atoms with van der Waals surface area (Å²) in [7, 11) is 0. The third kappa shape index (κ3) is 7.91. The Labute approximate surface area is 250 Å². The smallest absolute Gasteiger partial charge is 0.407 e. The van der Waals surface area contributed by atoms with Gasteiger partial charge >= 0.3 is 12.2 Å². The lowest BCUT2D eigenvalue weighted by atomic mass is 9.91. The molecule has 12 nitrogen and oxygen atoms in total. The highest BCUT2D eigenvalue weighted by atomic mass is 16.6. The summed E-state index contributed by atoms with van der Waals surface area (Å²) in [4.78, 5) is 37.4. The van der Waals surface area contributed by atoms with Gasteiger partial charge in [-0.25, -0.2) is 24.5 Å². The largest absolute Gasteiger partial charge is 0.465 e. The lowest BCUT2D eigenvalue weighted by Gasteiger charge is -2.29. The van der Waals surface area contributed by atoms with Crippen LogP contribution in [0.25, 0.3) is 17.0 Å². The Hall–Kier alpha value is -4.87. The van der Waals surface area contributed by atoms with Crippen molar-refractivity contribution in [2.45, 2.75) is 70.2 Å². The molecule has 226 valence electrons. The zero-order valence-corrected chi connectivity index (χ0v) is 24.6. The first kappa shape index (κ1) is 29.6. The summed E-state index contributed by atoms with van der Waals surface area (Å²) in [5.41, 5.74) is 2.62. The summed E-state index contributed by atoms with van der Waals surface area (Å²) in [6.45, 7) is 5.79. The molecule has 1 fully saturated rings. The van der Waals surface area contributed by atoms with Gasteiger partial charge in [0.15, 0.2) is 11.5 Å². The van der Waals surface area contributed by atoms with Gasteiger partial charge in [0.2, 0.25) is 0 Å². The predicted octanol–water partition coefficient (Wildman–Crippen LogP) is 5.46. The molecule has 0 saturated heterocycles. The number of rotatable bonds is 9. The molecule has 0 radical (unpaired) electrons. The number of carboxylic acid groups (broad SMARTS) is 1. The fourth-order valence-electron chi connectivity index (χ4n) is 5.23. The van der Waals surface area contributed by atoms with Crippen molar-refractivity contribution >= 4 is 29.5 Å². The van der Waals surface area contributed by atoms with Gasteiger partial charge in [-0.3, -0.25) is 4.40 Å². The monoisotopic (exact) mass is 586 g/mol. The van der Waals surface area contributed by atoms with E-state index in [1.165, 1.54) is 0 Å². The SMILES string of the molecule is CC(C)(C)OC(=O)NCC(Nc1cccc(-c2cnc3c(NC4CCC(NC(=O)O)CC4)nccn23)n1)c1ccccc1. The molecule has 4 aromatic rings. The van der Waals surface area contributed by atoms with Gasteiger partial charge in [-0.2, -0.15) is 0 Å². The molecule has 1 atom stereocenters. The molecule has 1 saturated carbocycles. The molecule has 43 heavy (non-hydrogen) atoms. The van der Waals surface area contributed by atoms with E-state index in [4.69, 9.17) is 14.8 Å². The van der Waals surface area contributed by atoms with E-state index < -0.39 is 17.8 Å². The highest BCUT2D eigenvalue weighted by Gasteiger charge is 2.24. The Bertz CT molecular complexity index is 1540. The van der Waals surface area contributed by atoms with Gasteiger partial charge < -0.3 is 31.1 Å². The van der Waals surface area contributed by atoms with Gasteiger partial charge in [0.05, 0.1) is 23.6 Å². The summed E-state index contributed by atoms with van der Waals surface area (Å²) in [6, 6.07) is 15.5. The van der Waals surface area contributed by atoms with E-state index in [1.54, 1.807) is 12.4 Å². The Morgan fingerprint density at radius 1 is 1.02 bits per heavy atom. The molecule has 0 spiro atoms. The van der Waals surface area contributed by atoms with E-state index in [-0.39, 0.29) is 18.1 Å². The summed E-state index contributed by atoms with van der Waals surface area (Å²) < 4.78 is 7.38. The molecular formula is C31H38N8O4. The van der Waals surface area contributed by atoms with Gasteiger partial charge in [-0.1, -0.05) is 36.4 Å². The zero-order chi connectivity index (χ0) is 30.4. The number of hydrogen-bond donors (Lipinski definition) is 5. The lowest BCUT2D eigenvalue weighted by Crippen LogP contribution is -2.39. The maximum atomic E-state index is 12.4. The lowest BCUT2D eigenvalue weighted by molar-refractivity contribution is 0.0525. The molecule has 12 heteroatoms. The summed E-state index contributed by atoms with van der Waals surface area (Å²) in [6.07, 6.45) is 7.12. The number of aromatic nitrogens is 4. The van der Waals surface area contributed by atoms with Crippen LogP contribution < -0.4 is 21.3 Å². The fraction of sp³-hybridized carbons (Fsp3) is 0.387. The molecule has 1 unspecified atom stereocenters. The van der Waals surface area contributed by atoms with Crippen LogP contribution in [0.4, 0.5) is 21.2 Å². The number of ether oxygens (including phenoxy) is 1. The van der Waals surface area contributed by atoms with Crippen molar-refractivity contribution in [1.29, 1.82) is 0 Å². The number of alkyl carbamates (subject to hydrolysis) is 1. The van der Waals surface area contributed by atoms with Crippen LogP contribution in [0.15, 0.2) is 67.1 Å². The van der Waals surface area contributed by atoms with Crippen molar-refractivity contribution in [3.8, 4) is 11.4 Å². The predicted molar refractivity (Wildman–Crippen MR) is 164 cm³/mol. The van der Waals surface area contributed by atoms with Crippen LogP contribution in [0.3, 0.4) is 0 Å². The Kier molecular flexibility index (Phi) is 8.93. The van der Waals surface area contributed by atoms with Crippen molar-refractivity contribution < 1.29 is 19.4 Å². The number of carbonyl (C=O) groups is 2. The maximum absolute atomic E-state index is 12.4. The molecular weight excluding hydrogens is 548 g/mol. The fourth-order valence-corrected chi connectivity index (χ4v) is 5.23. The minimum absolute atomic E-state index is 0.0149. The average molecular weight is 587 g/mol. The quantitative estimate of drug-likeness (QED) is 0.172. The first-order valence-electron chi connectivity index (χ1n) is 14.5. The van der Waals surface area contributed by atoms with Gasteiger partial charge in [0.1, 0.15) is 11.4 Å². The highest BCUT2D eigenvalue weighted by molar-refractivity contribution is 5.70. The molecule has 0 bridgehead atoms. The molecule has 1 aliphatic rings. The molecule has 3 aromatic heterocycles.